The van der Waals surface area contributed by atoms with Crippen LogP contribution in [-0.4, -0.2) is 32.4 Å². The Morgan fingerprint density at radius 1 is 1.47 bits per heavy atom. The molecule has 0 aliphatic carbocycles. The number of carbonyl (C=O) groups excluding carboxylic acids is 1. The van der Waals surface area contributed by atoms with Crippen LogP contribution in [0.15, 0.2) is 18.2 Å². The number of carbonyl (C=O) groups is 1. The zero-order valence-corrected chi connectivity index (χ0v) is 10.9. The summed E-state index contributed by atoms with van der Waals surface area (Å²) in [5.74, 6) is -1.02. The van der Waals surface area contributed by atoms with Gasteiger partial charge in [-0.15, -0.1) is 0 Å². The van der Waals surface area contributed by atoms with Crippen molar-refractivity contribution in [3.05, 3.63) is 29.6 Å². The van der Waals surface area contributed by atoms with Gasteiger partial charge in [0.2, 0.25) is 0 Å². The summed E-state index contributed by atoms with van der Waals surface area (Å²) >= 11 is 0. The quantitative estimate of drug-likeness (QED) is 0.787. The third kappa shape index (κ3) is 3.67. The normalized spacial score (nSPS) is 18.9. The minimum Gasteiger partial charge on any atom is -0.494 e. The van der Waals surface area contributed by atoms with E-state index in [1.54, 1.807) is 0 Å². The number of rotatable bonds is 4. The number of hydrogen-bond acceptors (Lipinski definition) is 4. The van der Waals surface area contributed by atoms with Gasteiger partial charge >= 0.3 is 5.97 Å². The monoisotopic (exact) mass is 268 g/mol. The molecule has 0 aromatic heterocycles. The van der Waals surface area contributed by atoms with Gasteiger partial charge in [-0.3, -0.25) is 0 Å². The first-order chi connectivity index (χ1) is 9.20. The molecule has 0 radical (unpaired) electrons. The van der Waals surface area contributed by atoms with E-state index >= 15 is 0 Å². The van der Waals surface area contributed by atoms with Gasteiger partial charge in [-0.2, -0.15) is 0 Å². The van der Waals surface area contributed by atoms with E-state index in [9.17, 15) is 9.18 Å². The SMILES string of the molecule is COc1ccc(C(=O)OCC2CCCCO2)cc1F. The van der Waals surface area contributed by atoms with Gasteiger partial charge < -0.3 is 14.2 Å². The lowest BCUT2D eigenvalue weighted by atomic mass is 10.1. The van der Waals surface area contributed by atoms with E-state index in [-0.39, 0.29) is 24.0 Å². The second kappa shape index (κ2) is 6.52. The molecule has 4 nitrogen and oxygen atoms in total. The summed E-state index contributed by atoms with van der Waals surface area (Å²) < 4.78 is 28.8. The molecule has 19 heavy (non-hydrogen) atoms. The van der Waals surface area contributed by atoms with Crippen LogP contribution in [0.25, 0.3) is 0 Å². The van der Waals surface area contributed by atoms with Gasteiger partial charge in [0.05, 0.1) is 18.8 Å². The second-order valence-electron chi connectivity index (χ2n) is 4.44. The minimum atomic E-state index is -0.578. The highest BCUT2D eigenvalue weighted by atomic mass is 19.1. The Morgan fingerprint density at radius 2 is 2.32 bits per heavy atom. The summed E-state index contributed by atoms with van der Waals surface area (Å²) in [5.41, 5.74) is 0.175. The highest BCUT2D eigenvalue weighted by Crippen LogP contribution is 2.19. The Morgan fingerprint density at radius 3 is 2.95 bits per heavy atom. The van der Waals surface area contributed by atoms with Crippen LogP contribution >= 0.6 is 0 Å². The molecule has 1 aliphatic rings. The molecule has 1 aromatic rings. The molecule has 0 N–H and O–H groups in total. The molecular weight excluding hydrogens is 251 g/mol. The first-order valence-corrected chi connectivity index (χ1v) is 6.33. The van der Waals surface area contributed by atoms with E-state index in [0.717, 1.165) is 25.3 Å². The lowest BCUT2D eigenvalue weighted by Crippen LogP contribution is -2.26. The predicted octanol–water partition coefficient (Wildman–Crippen LogP) is 2.56. The average molecular weight is 268 g/mol. The zero-order chi connectivity index (χ0) is 13.7. The van der Waals surface area contributed by atoms with Crippen molar-refractivity contribution in [1.82, 2.24) is 0 Å². The number of methoxy groups -OCH3 is 1. The Balaban J connectivity index is 1.90. The van der Waals surface area contributed by atoms with Gasteiger partial charge in [0.15, 0.2) is 11.6 Å². The van der Waals surface area contributed by atoms with Crippen LogP contribution in [0.5, 0.6) is 5.75 Å². The molecule has 0 bridgehead atoms. The van der Waals surface area contributed by atoms with E-state index in [1.165, 1.54) is 19.2 Å². The van der Waals surface area contributed by atoms with Gasteiger partial charge in [-0.25, -0.2) is 9.18 Å². The fourth-order valence-corrected chi connectivity index (χ4v) is 1.98. The van der Waals surface area contributed by atoms with Crippen molar-refractivity contribution >= 4 is 5.97 Å². The van der Waals surface area contributed by atoms with E-state index in [1.807, 2.05) is 0 Å². The average Bonchev–Trinajstić information content (AvgIpc) is 2.45. The smallest absolute Gasteiger partial charge is 0.338 e. The summed E-state index contributed by atoms with van der Waals surface area (Å²) in [6, 6.07) is 4.00. The van der Waals surface area contributed by atoms with Crippen LogP contribution in [0.1, 0.15) is 29.6 Å². The molecule has 2 rings (SSSR count). The number of halogens is 1. The molecule has 1 heterocycles. The molecule has 1 aliphatic heterocycles. The summed E-state index contributed by atoms with van der Waals surface area (Å²) in [6.07, 6.45) is 2.98. The largest absolute Gasteiger partial charge is 0.494 e. The fourth-order valence-electron chi connectivity index (χ4n) is 1.98. The van der Waals surface area contributed by atoms with Gasteiger partial charge in [0.25, 0.3) is 0 Å². The van der Waals surface area contributed by atoms with E-state index in [2.05, 4.69) is 0 Å². The van der Waals surface area contributed by atoms with Crippen molar-refractivity contribution in [2.24, 2.45) is 0 Å². The molecule has 0 spiro atoms. The molecule has 104 valence electrons. The second-order valence-corrected chi connectivity index (χ2v) is 4.44. The maximum Gasteiger partial charge on any atom is 0.338 e. The van der Waals surface area contributed by atoms with Gasteiger partial charge in [-0.05, 0) is 37.5 Å². The molecule has 1 atom stereocenters. The highest BCUT2D eigenvalue weighted by molar-refractivity contribution is 5.89. The van der Waals surface area contributed by atoms with Gasteiger partial charge in [0, 0.05) is 6.61 Å². The summed E-state index contributed by atoms with van der Waals surface area (Å²) in [5, 5.41) is 0. The van der Waals surface area contributed by atoms with E-state index < -0.39 is 11.8 Å². The summed E-state index contributed by atoms with van der Waals surface area (Å²) in [4.78, 5) is 11.8. The Hall–Kier alpha value is -1.62. The van der Waals surface area contributed by atoms with Crippen molar-refractivity contribution in [3.63, 3.8) is 0 Å². The number of ether oxygens (including phenoxy) is 3. The van der Waals surface area contributed by atoms with Gasteiger partial charge in [-0.1, -0.05) is 0 Å². The number of esters is 1. The summed E-state index contributed by atoms with van der Waals surface area (Å²) in [7, 11) is 1.37. The van der Waals surface area contributed by atoms with Crippen molar-refractivity contribution < 1.29 is 23.4 Å². The molecule has 1 aromatic carbocycles. The lowest BCUT2D eigenvalue weighted by Gasteiger charge is -2.22. The zero-order valence-electron chi connectivity index (χ0n) is 10.9. The van der Waals surface area contributed by atoms with Crippen LogP contribution in [0.4, 0.5) is 4.39 Å². The first-order valence-electron chi connectivity index (χ1n) is 6.33. The van der Waals surface area contributed by atoms with Crippen LogP contribution in [0.3, 0.4) is 0 Å². The first kappa shape index (κ1) is 13.8. The van der Waals surface area contributed by atoms with Gasteiger partial charge in [0.1, 0.15) is 6.61 Å². The lowest BCUT2D eigenvalue weighted by molar-refractivity contribution is -0.0300. The number of benzene rings is 1. The maximum atomic E-state index is 13.4. The van der Waals surface area contributed by atoms with Crippen molar-refractivity contribution in [1.29, 1.82) is 0 Å². The van der Waals surface area contributed by atoms with E-state index in [0.29, 0.717) is 6.61 Å². The molecule has 5 heteroatoms. The molecule has 0 amide bonds. The van der Waals surface area contributed by atoms with Crippen molar-refractivity contribution in [2.45, 2.75) is 25.4 Å². The molecule has 1 fully saturated rings. The third-order valence-corrected chi connectivity index (χ3v) is 3.06. The fraction of sp³-hybridized carbons (Fsp3) is 0.500. The maximum absolute atomic E-state index is 13.4. The van der Waals surface area contributed by atoms with Crippen molar-refractivity contribution in [2.75, 3.05) is 20.3 Å². The highest BCUT2D eigenvalue weighted by Gasteiger charge is 2.17. The standard InChI is InChI=1S/C14H17FO4/c1-17-13-6-5-10(8-12(13)15)14(16)19-9-11-4-2-3-7-18-11/h5-6,8,11H,2-4,7,9H2,1H3. The molecule has 1 unspecified atom stereocenters. The van der Waals surface area contributed by atoms with Crippen LogP contribution in [0, 0.1) is 5.82 Å². The Labute approximate surface area is 111 Å². The molecule has 1 saturated heterocycles. The topological polar surface area (TPSA) is 44.8 Å². The van der Waals surface area contributed by atoms with Crippen LogP contribution in [-0.2, 0) is 9.47 Å². The third-order valence-electron chi connectivity index (χ3n) is 3.06. The Kier molecular flexibility index (Phi) is 4.74. The van der Waals surface area contributed by atoms with Crippen LogP contribution < -0.4 is 4.74 Å². The predicted molar refractivity (Wildman–Crippen MR) is 66.8 cm³/mol. The Bertz CT molecular complexity index is 441. The number of hydrogen-bond donors (Lipinski definition) is 0. The van der Waals surface area contributed by atoms with Crippen LogP contribution in [0.2, 0.25) is 0 Å². The molecule has 0 saturated carbocycles. The molecular formula is C14H17FO4. The summed E-state index contributed by atoms with van der Waals surface area (Å²) in [6.45, 7) is 0.922. The van der Waals surface area contributed by atoms with Crippen molar-refractivity contribution in [3.8, 4) is 5.75 Å². The minimum absolute atomic E-state index is 0.0409. The van der Waals surface area contributed by atoms with E-state index in [4.69, 9.17) is 14.2 Å².